The summed E-state index contributed by atoms with van der Waals surface area (Å²) in [4.78, 5) is 30.9. The van der Waals surface area contributed by atoms with Crippen molar-refractivity contribution >= 4 is 35.0 Å². The van der Waals surface area contributed by atoms with Gasteiger partial charge in [-0.3, -0.25) is 9.59 Å². The van der Waals surface area contributed by atoms with Crippen molar-refractivity contribution in [3.8, 4) is 0 Å². The van der Waals surface area contributed by atoms with Crippen molar-refractivity contribution in [1.82, 2.24) is 4.98 Å². The second-order valence-electron chi connectivity index (χ2n) is 6.61. The summed E-state index contributed by atoms with van der Waals surface area (Å²) in [6.45, 7) is 2.46. The van der Waals surface area contributed by atoms with E-state index < -0.39 is 0 Å². The van der Waals surface area contributed by atoms with E-state index >= 15 is 0 Å². The Labute approximate surface area is 167 Å². The number of thioether (sulfide) groups is 1. The fourth-order valence-corrected chi connectivity index (χ4v) is 3.88. The quantitative estimate of drug-likeness (QED) is 0.723. The summed E-state index contributed by atoms with van der Waals surface area (Å²) in [6, 6.07) is 18.8. The highest BCUT2D eigenvalue weighted by atomic mass is 32.2. The molecule has 2 aromatic carbocycles. The molecule has 140 valence electrons. The second kappa shape index (κ2) is 7.86. The van der Waals surface area contributed by atoms with E-state index in [0.717, 1.165) is 27.5 Å². The molecule has 5 nitrogen and oxygen atoms in total. The Bertz CT molecular complexity index is 1020. The van der Waals surface area contributed by atoms with Gasteiger partial charge in [0.1, 0.15) is 5.03 Å². The molecule has 1 N–H and O–H groups in total. The monoisotopic (exact) mass is 389 g/mol. The largest absolute Gasteiger partial charge is 0.322 e. The van der Waals surface area contributed by atoms with Gasteiger partial charge >= 0.3 is 0 Å². The zero-order chi connectivity index (χ0) is 19.5. The minimum atomic E-state index is -0.157. The molecule has 0 aliphatic carbocycles. The van der Waals surface area contributed by atoms with E-state index in [1.165, 1.54) is 11.8 Å². The van der Waals surface area contributed by atoms with Gasteiger partial charge in [0.2, 0.25) is 5.91 Å². The summed E-state index contributed by atoms with van der Waals surface area (Å²) in [5.74, 6) is 0.295. The highest BCUT2D eigenvalue weighted by molar-refractivity contribution is 8.00. The lowest BCUT2D eigenvalue weighted by molar-refractivity contribution is -0.116. The minimum Gasteiger partial charge on any atom is -0.322 e. The summed E-state index contributed by atoms with van der Waals surface area (Å²) >= 11 is 1.46. The molecule has 0 spiro atoms. The van der Waals surface area contributed by atoms with Crippen LogP contribution < -0.4 is 10.2 Å². The average Bonchev–Trinajstić information content (AvgIpc) is 2.72. The van der Waals surface area contributed by atoms with E-state index in [9.17, 15) is 9.59 Å². The number of nitrogens with one attached hydrogen (secondary N) is 1. The molecule has 3 aromatic rings. The number of rotatable bonds is 4. The molecule has 0 bridgehead atoms. The lowest BCUT2D eigenvalue weighted by Gasteiger charge is -2.28. The first-order chi connectivity index (χ1) is 13.6. The lowest BCUT2D eigenvalue weighted by atomic mass is 10.1. The number of aromatic nitrogens is 1. The number of carbonyl (C=O) groups is 2. The maximum atomic E-state index is 12.4. The van der Waals surface area contributed by atoms with Crippen LogP contribution in [0.2, 0.25) is 0 Å². The summed E-state index contributed by atoms with van der Waals surface area (Å²) < 4.78 is 0. The number of carbonyl (C=O) groups excluding carboxylic acids is 2. The third kappa shape index (κ3) is 3.92. The molecule has 0 saturated heterocycles. The Morgan fingerprint density at radius 3 is 2.61 bits per heavy atom. The summed E-state index contributed by atoms with van der Waals surface area (Å²) in [5.41, 5.74) is 4.28. The first-order valence-electron chi connectivity index (χ1n) is 8.95. The number of hydrogen-bond donors (Lipinski definition) is 1. The van der Waals surface area contributed by atoms with Crippen LogP contribution in [-0.2, 0) is 11.3 Å². The van der Waals surface area contributed by atoms with Crippen molar-refractivity contribution < 1.29 is 9.59 Å². The molecule has 0 atom stereocenters. The predicted octanol–water partition coefficient (Wildman–Crippen LogP) is 4.28. The topological polar surface area (TPSA) is 62.3 Å². The van der Waals surface area contributed by atoms with Crippen LogP contribution in [0.3, 0.4) is 0 Å². The molecule has 28 heavy (non-hydrogen) atoms. The Hall–Kier alpha value is -3.12. The van der Waals surface area contributed by atoms with Crippen LogP contribution in [0, 0.1) is 6.92 Å². The predicted molar refractivity (Wildman–Crippen MR) is 112 cm³/mol. The Balaban J connectivity index is 1.47. The zero-order valence-electron chi connectivity index (χ0n) is 15.4. The van der Waals surface area contributed by atoms with Crippen LogP contribution in [0.4, 0.5) is 11.4 Å². The van der Waals surface area contributed by atoms with Crippen molar-refractivity contribution in [2.45, 2.75) is 18.5 Å². The van der Waals surface area contributed by atoms with Crippen molar-refractivity contribution in [3.05, 3.63) is 83.6 Å². The average molecular weight is 389 g/mol. The van der Waals surface area contributed by atoms with Gasteiger partial charge in [0, 0.05) is 17.4 Å². The lowest BCUT2D eigenvalue weighted by Crippen LogP contribution is -2.35. The third-order valence-corrected chi connectivity index (χ3v) is 5.52. The van der Waals surface area contributed by atoms with Gasteiger partial charge in [0.25, 0.3) is 5.91 Å². The van der Waals surface area contributed by atoms with Crippen LogP contribution in [-0.4, -0.2) is 22.6 Å². The molecule has 4 rings (SSSR count). The van der Waals surface area contributed by atoms with Crippen LogP contribution in [0.1, 0.15) is 21.5 Å². The molecule has 1 aromatic heterocycles. The fraction of sp³-hybridized carbons (Fsp3) is 0.136. The van der Waals surface area contributed by atoms with Gasteiger partial charge in [-0.25, -0.2) is 4.98 Å². The Kier molecular flexibility index (Phi) is 5.12. The highest BCUT2D eigenvalue weighted by Gasteiger charge is 2.25. The standard InChI is InChI=1S/C22H19N3O2S/c1-15-4-10-18(11-5-15)24-21(27)17-8-6-16(7-9-17)13-25-19-3-2-12-23-22(19)28-14-20(25)26/h2-12H,13-14H2,1H3,(H,24,27). The van der Waals surface area contributed by atoms with Crippen molar-refractivity contribution in [3.63, 3.8) is 0 Å². The van der Waals surface area contributed by atoms with E-state index in [-0.39, 0.29) is 11.8 Å². The first kappa shape index (κ1) is 18.3. The molecule has 6 heteroatoms. The molecule has 0 saturated carbocycles. The number of fused-ring (bicyclic) bond motifs is 1. The molecular formula is C22H19N3O2S. The van der Waals surface area contributed by atoms with Crippen LogP contribution in [0.25, 0.3) is 0 Å². The summed E-state index contributed by atoms with van der Waals surface area (Å²) in [7, 11) is 0. The van der Waals surface area contributed by atoms with Gasteiger partial charge in [0.15, 0.2) is 0 Å². The molecule has 1 aliphatic heterocycles. The van der Waals surface area contributed by atoms with E-state index in [1.54, 1.807) is 23.2 Å². The molecule has 0 radical (unpaired) electrons. The number of aryl methyl sites for hydroxylation is 1. The Morgan fingerprint density at radius 2 is 1.86 bits per heavy atom. The maximum Gasteiger partial charge on any atom is 0.255 e. The molecule has 0 fully saturated rings. The van der Waals surface area contributed by atoms with Gasteiger partial charge in [0.05, 0.1) is 18.0 Å². The van der Waals surface area contributed by atoms with E-state index in [4.69, 9.17) is 0 Å². The number of nitrogens with zero attached hydrogens (tertiary/aromatic N) is 2. The van der Waals surface area contributed by atoms with E-state index in [2.05, 4.69) is 10.3 Å². The Morgan fingerprint density at radius 1 is 1.11 bits per heavy atom. The number of amides is 2. The molecule has 2 heterocycles. The zero-order valence-corrected chi connectivity index (χ0v) is 16.2. The second-order valence-corrected chi connectivity index (χ2v) is 7.58. The van der Waals surface area contributed by atoms with Crippen LogP contribution in [0.5, 0.6) is 0 Å². The number of benzene rings is 2. The van der Waals surface area contributed by atoms with Crippen LogP contribution in [0.15, 0.2) is 71.9 Å². The van der Waals surface area contributed by atoms with Crippen molar-refractivity contribution in [2.75, 3.05) is 16.0 Å². The van der Waals surface area contributed by atoms with Crippen molar-refractivity contribution in [1.29, 1.82) is 0 Å². The number of hydrogen-bond acceptors (Lipinski definition) is 4. The van der Waals surface area contributed by atoms with Gasteiger partial charge in [-0.2, -0.15) is 0 Å². The number of pyridine rings is 1. The van der Waals surface area contributed by atoms with Gasteiger partial charge in [-0.1, -0.05) is 41.6 Å². The normalized spacial score (nSPS) is 13.2. The fourth-order valence-electron chi connectivity index (χ4n) is 3.00. The first-order valence-corrected chi connectivity index (χ1v) is 9.94. The smallest absolute Gasteiger partial charge is 0.255 e. The summed E-state index contributed by atoms with van der Waals surface area (Å²) in [6.07, 6.45) is 1.74. The summed E-state index contributed by atoms with van der Waals surface area (Å²) in [5, 5.41) is 3.76. The van der Waals surface area contributed by atoms with E-state index in [1.807, 2.05) is 55.5 Å². The van der Waals surface area contributed by atoms with Gasteiger partial charge < -0.3 is 10.2 Å². The van der Waals surface area contributed by atoms with Gasteiger partial charge in [-0.05, 0) is 48.9 Å². The third-order valence-electron chi connectivity index (χ3n) is 4.54. The van der Waals surface area contributed by atoms with Crippen LogP contribution >= 0.6 is 11.8 Å². The molecule has 1 aliphatic rings. The van der Waals surface area contributed by atoms with E-state index in [0.29, 0.717) is 17.9 Å². The number of anilines is 2. The molecule has 0 unspecified atom stereocenters. The maximum absolute atomic E-state index is 12.4. The molecule has 2 amide bonds. The highest BCUT2D eigenvalue weighted by Crippen LogP contribution is 2.34. The van der Waals surface area contributed by atoms with Crippen molar-refractivity contribution in [2.24, 2.45) is 0 Å². The SMILES string of the molecule is Cc1ccc(NC(=O)c2ccc(CN3C(=O)CSc4ncccc43)cc2)cc1. The minimum absolute atomic E-state index is 0.0618. The van der Waals surface area contributed by atoms with Gasteiger partial charge in [-0.15, -0.1) is 0 Å². The molecular weight excluding hydrogens is 370 g/mol.